The van der Waals surface area contributed by atoms with Crippen LogP contribution in [0.5, 0.6) is 0 Å². The van der Waals surface area contributed by atoms with Crippen LogP contribution in [0.2, 0.25) is 0 Å². The molecule has 3 N–H and O–H groups in total. The van der Waals surface area contributed by atoms with E-state index in [1.165, 1.54) is 26.2 Å². The van der Waals surface area contributed by atoms with Crippen LogP contribution in [0, 0.1) is 5.92 Å². The van der Waals surface area contributed by atoms with Gasteiger partial charge in [0.1, 0.15) is 29.3 Å². The van der Waals surface area contributed by atoms with Gasteiger partial charge in [-0.15, -0.1) is 0 Å². The van der Waals surface area contributed by atoms with E-state index in [-0.39, 0.29) is 5.82 Å². The van der Waals surface area contributed by atoms with Crippen LogP contribution in [-0.4, -0.2) is 61.5 Å². The van der Waals surface area contributed by atoms with Crippen LogP contribution in [0.1, 0.15) is 25.8 Å². The molecule has 10 heteroatoms. The molecule has 1 aromatic rings. The normalized spacial score (nSPS) is 33.1. The van der Waals surface area contributed by atoms with E-state index in [1.807, 2.05) is 0 Å². The first-order chi connectivity index (χ1) is 10.1. The molecule has 120 valence electrons. The van der Waals surface area contributed by atoms with E-state index < -0.39 is 49.9 Å². The Kier molecular flexibility index (Phi) is 2.92. The zero-order chi connectivity index (χ0) is 16.4. The van der Waals surface area contributed by atoms with Crippen molar-refractivity contribution in [1.82, 2.24) is 14.9 Å². The van der Waals surface area contributed by atoms with Crippen molar-refractivity contribution in [2.45, 2.75) is 36.1 Å². The number of imidazole rings is 1. The van der Waals surface area contributed by atoms with Crippen molar-refractivity contribution in [3.05, 3.63) is 18.2 Å². The fourth-order valence-corrected chi connectivity index (χ4v) is 5.57. The number of nitrogens with one attached hydrogen (secondary N) is 1. The smallest absolute Gasteiger partial charge is 0.328 e. The fourth-order valence-electron chi connectivity index (χ4n) is 3.25. The van der Waals surface area contributed by atoms with Crippen LogP contribution in [-0.2, 0) is 19.4 Å². The van der Waals surface area contributed by atoms with Gasteiger partial charge in [0.25, 0.3) is 0 Å². The minimum Gasteiger partial charge on any atom is -0.480 e. The van der Waals surface area contributed by atoms with E-state index in [4.69, 9.17) is 0 Å². The van der Waals surface area contributed by atoms with Gasteiger partial charge < -0.3 is 20.1 Å². The minimum absolute atomic E-state index is 0.0739. The number of carboxylic acids is 1. The lowest BCUT2D eigenvalue weighted by atomic mass is 9.87. The first kappa shape index (κ1) is 15.0. The Labute approximate surface area is 125 Å². The molecular formula is C12H15N3O6S. The van der Waals surface area contributed by atoms with Gasteiger partial charge in [-0.05, 0) is 13.8 Å². The van der Waals surface area contributed by atoms with E-state index in [0.29, 0.717) is 0 Å². The summed E-state index contributed by atoms with van der Waals surface area (Å²) < 4.78 is 23.6. The predicted molar refractivity (Wildman–Crippen MR) is 72.1 cm³/mol. The third-order valence-corrected chi connectivity index (χ3v) is 7.33. The van der Waals surface area contributed by atoms with Gasteiger partial charge in [0, 0.05) is 12.4 Å². The molecule has 0 spiro atoms. The van der Waals surface area contributed by atoms with Gasteiger partial charge in [-0.3, -0.25) is 4.79 Å². The zero-order valence-electron chi connectivity index (χ0n) is 11.8. The number of rotatable bonds is 3. The molecule has 3 rings (SSSR count). The zero-order valence-corrected chi connectivity index (χ0v) is 12.6. The summed E-state index contributed by atoms with van der Waals surface area (Å²) in [4.78, 5) is 31.0. The standard InChI is InChI=1S/C12H15N3O6S/c1-12(2)7(11(18)19)15-9(17)5(10(15)22(12,20)21)6(16)8-13-3-4-14-8/h3-7,10,16H,1-2H3,(H,13,14)(H,18,19)/t5-,6?,7+,10-/m1/s1. The van der Waals surface area contributed by atoms with Gasteiger partial charge >= 0.3 is 5.97 Å². The summed E-state index contributed by atoms with van der Waals surface area (Å²) >= 11 is 0. The van der Waals surface area contributed by atoms with Crippen LogP contribution in [0.4, 0.5) is 0 Å². The average molecular weight is 329 g/mol. The molecule has 4 atom stereocenters. The SMILES string of the molecule is CC1(C)[C@H](C(=O)O)N2C(=O)[C@@H](C(O)c3ncc[nH]3)[C@H]2S1(=O)=O. The van der Waals surface area contributed by atoms with Gasteiger partial charge in [0.15, 0.2) is 9.84 Å². The van der Waals surface area contributed by atoms with Gasteiger partial charge in [0.05, 0.1) is 4.75 Å². The molecule has 9 nitrogen and oxygen atoms in total. The second kappa shape index (κ2) is 4.29. The molecule has 0 aliphatic carbocycles. The van der Waals surface area contributed by atoms with E-state index in [0.717, 1.165) is 4.90 Å². The number of carbonyl (C=O) groups is 2. The highest BCUT2D eigenvalue weighted by Gasteiger charge is 2.73. The van der Waals surface area contributed by atoms with Crippen LogP contribution in [0.25, 0.3) is 0 Å². The number of aromatic amines is 1. The highest BCUT2D eigenvalue weighted by atomic mass is 32.2. The number of carbonyl (C=O) groups excluding carboxylic acids is 1. The number of aliphatic hydroxyl groups excluding tert-OH is 1. The average Bonchev–Trinajstić information content (AvgIpc) is 2.97. The Hall–Kier alpha value is -1.94. The number of nitrogens with zero attached hydrogens (tertiary/aromatic N) is 2. The van der Waals surface area contributed by atoms with E-state index in [1.54, 1.807) is 0 Å². The Bertz CT molecular complexity index is 741. The fraction of sp³-hybridized carbons (Fsp3) is 0.583. The van der Waals surface area contributed by atoms with Crippen molar-refractivity contribution < 1.29 is 28.2 Å². The van der Waals surface area contributed by atoms with Crippen molar-refractivity contribution in [1.29, 1.82) is 0 Å². The summed E-state index contributed by atoms with van der Waals surface area (Å²) in [6.07, 6.45) is 1.38. The van der Waals surface area contributed by atoms with Gasteiger partial charge in [-0.25, -0.2) is 18.2 Å². The number of H-pyrrole nitrogens is 1. The Morgan fingerprint density at radius 3 is 2.64 bits per heavy atom. The van der Waals surface area contributed by atoms with Gasteiger partial charge in [-0.2, -0.15) is 0 Å². The number of sulfone groups is 1. The third kappa shape index (κ3) is 1.56. The lowest BCUT2D eigenvalue weighted by Gasteiger charge is -2.44. The molecule has 0 aromatic carbocycles. The topological polar surface area (TPSA) is 141 Å². The number of aliphatic carboxylic acids is 1. The quantitative estimate of drug-likeness (QED) is 0.597. The monoisotopic (exact) mass is 329 g/mol. The summed E-state index contributed by atoms with van der Waals surface area (Å²) in [7, 11) is -3.96. The van der Waals surface area contributed by atoms with Gasteiger partial charge in [-0.1, -0.05) is 0 Å². The van der Waals surface area contributed by atoms with Crippen LogP contribution in [0.15, 0.2) is 12.4 Å². The number of amides is 1. The number of β-lactam (4-membered cyclic amide) rings is 1. The number of fused-ring (bicyclic) bond motifs is 1. The lowest BCUT2D eigenvalue weighted by molar-refractivity contribution is -0.169. The first-order valence-electron chi connectivity index (χ1n) is 6.58. The van der Waals surface area contributed by atoms with Gasteiger partial charge in [0.2, 0.25) is 5.91 Å². The van der Waals surface area contributed by atoms with Crippen molar-refractivity contribution in [2.24, 2.45) is 5.92 Å². The second-order valence-corrected chi connectivity index (χ2v) is 8.60. The maximum absolute atomic E-state index is 12.6. The van der Waals surface area contributed by atoms with E-state index >= 15 is 0 Å². The molecule has 22 heavy (non-hydrogen) atoms. The molecule has 0 radical (unpaired) electrons. The lowest BCUT2D eigenvalue weighted by Crippen LogP contribution is -2.65. The maximum Gasteiger partial charge on any atom is 0.328 e. The molecule has 1 unspecified atom stereocenters. The largest absolute Gasteiger partial charge is 0.480 e. The highest BCUT2D eigenvalue weighted by Crippen LogP contribution is 2.51. The number of hydrogen-bond donors (Lipinski definition) is 3. The summed E-state index contributed by atoms with van der Waals surface area (Å²) in [6, 6.07) is -1.46. The molecule has 0 saturated carbocycles. The molecule has 2 aliphatic rings. The Morgan fingerprint density at radius 2 is 2.14 bits per heavy atom. The minimum atomic E-state index is -3.96. The molecule has 2 saturated heterocycles. The summed E-state index contributed by atoms with van der Waals surface area (Å²) in [5.41, 5.74) is 0. The van der Waals surface area contributed by atoms with Crippen molar-refractivity contribution in [2.75, 3.05) is 0 Å². The molecule has 1 aromatic heterocycles. The predicted octanol–water partition coefficient (Wildman–Crippen LogP) is -1.11. The van der Waals surface area contributed by atoms with Crippen molar-refractivity contribution in [3.63, 3.8) is 0 Å². The second-order valence-electron chi connectivity index (χ2n) is 5.97. The molecule has 2 aliphatic heterocycles. The summed E-state index contributed by atoms with van der Waals surface area (Å²) in [6.45, 7) is 2.56. The molecule has 3 heterocycles. The molecular weight excluding hydrogens is 314 g/mol. The number of aromatic nitrogens is 2. The van der Waals surface area contributed by atoms with Crippen molar-refractivity contribution in [3.8, 4) is 0 Å². The van der Waals surface area contributed by atoms with Crippen molar-refractivity contribution >= 4 is 21.7 Å². The summed E-state index contributed by atoms with van der Waals surface area (Å²) in [5.74, 6) is -3.25. The van der Waals surface area contributed by atoms with Crippen LogP contribution in [0.3, 0.4) is 0 Å². The molecule has 1 amide bonds. The number of carboxylic acid groups (broad SMARTS) is 1. The summed E-state index contributed by atoms with van der Waals surface area (Å²) in [5, 5.41) is 18.2. The number of hydrogen-bond acceptors (Lipinski definition) is 6. The van der Waals surface area contributed by atoms with E-state index in [2.05, 4.69) is 9.97 Å². The Morgan fingerprint density at radius 1 is 1.50 bits per heavy atom. The first-order valence-corrected chi connectivity index (χ1v) is 8.12. The molecule has 0 bridgehead atoms. The number of aliphatic hydroxyl groups is 1. The highest BCUT2D eigenvalue weighted by molar-refractivity contribution is 7.93. The van der Waals surface area contributed by atoms with Crippen LogP contribution >= 0.6 is 0 Å². The molecule has 2 fully saturated rings. The van der Waals surface area contributed by atoms with E-state index in [9.17, 15) is 28.2 Å². The van der Waals surface area contributed by atoms with Crippen LogP contribution < -0.4 is 0 Å². The Balaban J connectivity index is 2.04. The third-order valence-electron chi connectivity index (χ3n) is 4.48. The maximum atomic E-state index is 12.6.